The van der Waals surface area contributed by atoms with Crippen molar-refractivity contribution in [3.8, 4) is 0 Å². The lowest BCUT2D eigenvalue weighted by atomic mass is 10.2. The van der Waals surface area contributed by atoms with Crippen LogP contribution in [0, 0.1) is 0 Å². The number of nitrogens with one attached hydrogen (secondary N) is 1. The van der Waals surface area contributed by atoms with Crippen LogP contribution < -0.4 is 5.32 Å². The number of carbonyl (C=O) groups excluding carboxylic acids is 1. The first kappa shape index (κ1) is 13.4. The maximum atomic E-state index is 11.9. The zero-order valence-electron chi connectivity index (χ0n) is 11.1. The van der Waals surface area contributed by atoms with Crippen molar-refractivity contribution in [1.29, 1.82) is 0 Å². The Bertz CT molecular complexity index is 728. The molecule has 0 saturated heterocycles. The van der Waals surface area contributed by atoms with E-state index in [4.69, 9.17) is 0 Å². The van der Waals surface area contributed by atoms with Crippen molar-refractivity contribution in [2.75, 3.05) is 5.32 Å². The largest absolute Gasteiger partial charge is 0.295 e. The van der Waals surface area contributed by atoms with Gasteiger partial charge in [0.2, 0.25) is 5.13 Å². The minimum atomic E-state index is -0.280. The number of anilines is 1. The molecule has 0 fully saturated rings. The van der Waals surface area contributed by atoms with Gasteiger partial charge in [-0.15, -0.1) is 10.2 Å². The molecule has 6 heteroatoms. The third-order valence-electron chi connectivity index (χ3n) is 2.78. The molecule has 3 rings (SSSR count). The van der Waals surface area contributed by atoms with Crippen LogP contribution in [0.2, 0.25) is 0 Å². The van der Waals surface area contributed by atoms with Crippen molar-refractivity contribution >= 4 is 22.4 Å². The molecule has 0 bridgehead atoms. The van der Waals surface area contributed by atoms with Crippen LogP contribution in [0.4, 0.5) is 5.13 Å². The maximum Gasteiger partial charge on any atom is 0.276 e. The van der Waals surface area contributed by atoms with E-state index in [2.05, 4.69) is 20.5 Å². The zero-order valence-corrected chi connectivity index (χ0v) is 11.9. The van der Waals surface area contributed by atoms with Crippen molar-refractivity contribution in [3.63, 3.8) is 0 Å². The van der Waals surface area contributed by atoms with E-state index >= 15 is 0 Å². The second kappa shape index (κ2) is 6.23. The number of carbonyl (C=O) groups is 1. The van der Waals surface area contributed by atoms with Gasteiger partial charge < -0.3 is 0 Å². The van der Waals surface area contributed by atoms with Gasteiger partial charge in [-0.3, -0.25) is 15.1 Å². The van der Waals surface area contributed by atoms with Crippen molar-refractivity contribution in [2.24, 2.45) is 0 Å². The molecule has 0 atom stereocenters. The predicted octanol–water partition coefficient (Wildman–Crippen LogP) is 2.78. The number of amides is 1. The van der Waals surface area contributed by atoms with Crippen molar-refractivity contribution in [1.82, 2.24) is 15.2 Å². The average molecular weight is 296 g/mol. The summed E-state index contributed by atoms with van der Waals surface area (Å²) in [5.74, 6) is -0.280. The van der Waals surface area contributed by atoms with Crippen molar-refractivity contribution in [3.05, 3.63) is 71.0 Å². The molecule has 2 heterocycles. The summed E-state index contributed by atoms with van der Waals surface area (Å²) in [4.78, 5) is 15.9. The minimum absolute atomic E-state index is 0.280. The molecule has 3 aromatic rings. The van der Waals surface area contributed by atoms with Gasteiger partial charge in [0.1, 0.15) is 10.7 Å². The van der Waals surface area contributed by atoms with Gasteiger partial charge in [0, 0.05) is 12.6 Å². The van der Waals surface area contributed by atoms with Crippen molar-refractivity contribution < 1.29 is 4.79 Å². The van der Waals surface area contributed by atoms with Gasteiger partial charge in [0.05, 0.1) is 0 Å². The quantitative estimate of drug-likeness (QED) is 0.804. The van der Waals surface area contributed by atoms with Crippen LogP contribution in [0.1, 0.15) is 21.1 Å². The minimum Gasteiger partial charge on any atom is -0.295 e. The number of nitrogens with zero attached hydrogens (tertiary/aromatic N) is 3. The Morgan fingerprint density at radius 3 is 2.62 bits per heavy atom. The highest BCUT2D eigenvalue weighted by Gasteiger charge is 2.11. The lowest BCUT2D eigenvalue weighted by molar-refractivity contribution is 0.102. The number of pyridine rings is 1. The van der Waals surface area contributed by atoms with E-state index < -0.39 is 0 Å². The van der Waals surface area contributed by atoms with Crippen LogP contribution in [-0.4, -0.2) is 21.1 Å². The van der Waals surface area contributed by atoms with Gasteiger partial charge in [-0.05, 0) is 17.7 Å². The summed E-state index contributed by atoms with van der Waals surface area (Å²) in [5, 5.41) is 12.1. The van der Waals surface area contributed by atoms with Gasteiger partial charge in [-0.2, -0.15) is 0 Å². The molecule has 0 aliphatic carbocycles. The summed E-state index contributed by atoms with van der Waals surface area (Å²) >= 11 is 1.37. The first-order chi connectivity index (χ1) is 10.3. The summed E-state index contributed by atoms with van der Waals surface area (Å²) in [5.41, 5.74) is 1.52. The molecular weight excluding hydrogens is 284 g/mol. The highest BCUT2D eigenvalue weighted by Crippen LogP contribution is 2.18. The van der Waals surface area contributed by atoms with E-state index in [1.807, 2.05) is 30.3 Å². The Hall–Kier alpha value is -2.60. The van der Waals surface area contributed by atoms with E-state index in [9.17, 15) is 4.79 Å². The standard InChI is InChI=1S/C15H12N4OS/c20-14(12-8-4-5-9-16-12)17-15-19-18-13(21-15)10-11-6-2-1-3-7-11/h1-9H,10H2,(H,17,19,20). The molecule has 0 aliphatic heterocycles. The third kappa shape index (κ3) is 3.49. The summed E-state index contributed by atoms with van der Waals surface area (Å²) in [7, 11) is 0. The second-order valence-electron chi connectivity index (χ2n) is 4.33. The fourth-order valence-electron chi connectivity index (χ4n) is 1.80. The van der Waals surface area contributed by atoms with Crippen LogP contribution in [0.25, 0.3) is 0 Å². The van der Waals surface area contributed by atoms with Crippen LogP contribution in [0.3, 0.4) is 0 Å². The van der Waals surface area contributed by atoms with Crippen LogP contribution in [-0.2, 0) is 6.42 Å². The lowest BCUT2D eigenvalue weighted by Crippen LogP contribution is -2.13. The van der Waals surface area contributed by atoms with Crippen molar-refractivity contribution in [2.45, 2.75) is 6.42 Å². The lowest BCUT2D eigenvalue weighted by Gasteiger charge is -1.98. The molecule has 0 spiro atoms. The summed E-state index contributed by atoms with van der Waals surface area (Å²) in [6.45, 7) is 0. The van der Waals surface area contributed by atoms with Gasteiger partial charge in [0.15, 0.2) is 0 Å². The first-order valence-corrected chi connectivity index (χ1v) is 7.21. The summed E-state index contributed by atoms with van der Waals surface area (Å²) in [6, 6.07) is 15.2. The molecule has 0 radical (unpaired) electrons. The highest BCUT2D eigenvalue weighted by molar-refractivity contribution is 7.15. The fraction of sp³-hybridized carbons (Fsp3) is 0.0667. The number of benzene rings is 1. The number of hydrogen-bond donors (Lipinski definition) is 1. The van der Waals surface area contributed by atoms with E-state index in [0.29, 0.717) is 17.2 Å². The molecule has 1 N–H and O–H groups in total. The number of aromatic nitrogens is 3. The van der Waals surface area contributed by atoms with Gasteiger partial charge in [-0.25, -0.2) is 0 Å². The van der Waals surface area contributed by atoms with E-state index in [0.717, 1.165) is 10.6 Å². The molecule has 1 amide bonds. The van der Waals surface area contributed by atoms with Crippen LogP contribution >= 0.6 is 11.3 Å². The molecule has 2 aromatic heterocycles. The Morgan fingerprint density at radius 2 is 1.86 bits per heavy atom. The smallest absolute Gasteiger partial charge is 0.276 e. The molecule has 0 unspecified atom stereocenters. The molecule has 0 aliphatic rings. The Labute approximate surface area is 125 Å². The summed E-state index contributed by atoms with van der Waals surface area (Å²) < 4.78 is 0. The fourth-order valence-corrected chi connectivity index (χ4v) is 2.57. The van der Waals surface area contributed by atoms with E-state index in [1.165, 1.54) is 11.3 Å². The van der Waals surface area contributed by atoms with Gasteiger partial charge in [0.25, 0.3) is 5.91 Å². The topological polar surface area (TPSA) is 67.8 Å². The molecule has 104 valence electrons. The SMILES string of the molecule is O=C(Nc1nnc(Cc2ccccc2)s1)c1ccccn1. The third-order valence-corrected chi connectivity index (χ3v) is 3.62. The monoisotopic (exact) mass is 296 g/mol. The second-order valence-corrected chi connectivity index (χ2v) is 5.39. The highest BCUT2D eigenvalue weighted by atomic mass is 32.1. The molecule has 21 heavy (non-hydrogen) atoms. The summed E-state index contributed by atoms with van der Waals surface area (Å²) in [6.07, 6.45) is 2.29. The van der Waals surface area contributed by atoms with Gasteiger partial charge >= 0.3 is 0 Å². The Balaban J connectivity index is 1.67. The van der Waals surface area contributed by atoms with Crippen LogP contribution in [0.5, 0.6) is 0 Å². The average Bonchev–Trinajstić information content (AvgIpc) is 2.96. The maximum absolute atomic E-state index is 11.9. The normalized spacial score (nSPS) is 10.3. The molecular formula is C15H12N4OS. The first-order valence-electron chi connectivity index (χ1n) is 6.40. The predicted molar refractivity (Wildman–Crippen MR) is 81.3 cm³/mol. The number of rotatable bonds is 4. The Kier molecular flexibility index (Phi) is 3.97. The molecule has 1 aromatic carbocycles. The van der Waals surface area contributed by atoms with E-state index in [1.54, 1.807) is 24.4 Å². The Morgan fingerprint density at radius 1 is 1.05 bits per heavy atom. The number of hydrogen-bond acceptors (Lipinski definition) is 5. The van der Waals surface area contributed by atoms with Gasteiger partial charge in [-0.1, -0.05) is 47.7 Å². The zero-order chi connectivity index (χ0) is 14.5. The molecule has 0 saturated carbocycles. The molecule has 5 nitrogen and oxygen atoms in total. The van der Waals surface area contributed by atoms with Crippen LogP contribution in [0.15, 0.2) is 54.7 Å². The van der Waals surface area contributed by atoms with E-state index in [-0.39, 0.29) is 5.91 Å².